The number of rotatable bonds is 1. The molecule has 1 aromatic rings. The van der Waals surface area contributed by atoms with E-state index in [0.717, 1.165) is 10.7 Å². The molecule has 0 aromatic heterocycles. The summed E-state index contributed by atoms with van der Waals surface area (Å²) in [7, 11) is 0. The smallest absolute Gasteiger partial charge is 0.250 e. The monoisotopic (exact) mass is 499 g/mol. The standard InChI is InChI=1S/C7H4I3NO/c8-3-1-4(9)6(7(11)12)5(10)2-3/h1-2H,(H2,11,12). The molecule has 0 aliphatic carbocycles. The summed E-state index contributed by atoms with van der Waals surface area (Å²) in [5.74, 6) is -0.361. The first-order valence-corrected chi connectivity index (χ1v) is 6.20. The normalized spacial score (nSPS) is 9.92. The maximum atomic E-state index is 11.0. The van der Waals surface area contributed by atoms with Crippen LogP contribution in [0.25, 0.3) is 0 Å². The van der Waals surface area contributed by atoms with Gasteiger partial charge in [-0.15, -0.1) is 0 Å². The maximum Gasteiger partial charge on any atom is 0.250 e. The molecule has 1 rings (SSSR count). The number of carbonyl (C=O) groups is 1. The van der Waals surface area contributed by atoms with E-state index in [1.54, 1.807) is 0 Å². The van der Waals surface area contributed by atoms with Crippen LogP contribution >= 0.6 is 67.8 Å². The quantitative estimate of drug-likeness (QED) is 0.595. The lowest BCUT2D eigenvalue weighted by Crippen LogP contribution is -2.14. The lowest BCUT2D eigenvalue weighted by atomic mass is 10.2. The molecular formula is C7H4I3NO. The van der Waals surface area contributed by atoms with E-state index in [9.17, 15) is 4.79 Å². The topological polar surface area (TPSA) is 43.1 Å². The van der Waals surface area contributed by atoms with Gasteiger partial charge in [-0.1, -0.05) is 0 Å². The molecule has 2 N–H and O–H groups in total. The van der Waals surface area contributed by atoms with Gasteiger partial charge in [0.25, 0.3) is 5.91 Å². The zero-order valence-corrected chi connectivity index (χ0v) is 12.2. The second-order valence-corrected chi connectivity index (χ2v) is 5.68. The Morgan fingerprint density at radius 1 is 1.17 bits per heavy atom. The molecule has 2 nitrogen and oxygen atoms in total. The fourth-order valence-electron chi connectivity index (χ4n) is 0.778. The van der Waals surface area contributed by atoms with Crippen LogP contribution in [0.15, 0.2) is 12.1 Å². The van der Waals surface area contributed by atoms with Crippen molar-refractivity contribution in [3.8, 4) is 0 Å². The Kier molecular flexibility index (Phi) is 4.02. The summed E-state index contributed by atoms with van der Waals surface area (Å²) in [6, 6.07) is 3.87. The third-order valence-electron chi connectivity index (χ3n) is 1.25. The van der Waals surface area contributed by atoms with E-state index in [1.807, 2.05) is 12.1 Å². The first kappa shape index (κ1) is 11.0. The van der Waals surface area contributed by atoms with Crippen LogP contribution in [-0.2, 0) is 0 Å². The van der Waals surface area contributed by atoms with Gasteiger partial charge in [-0.25, -0.2) is 0 Å². The van der Waals surface area contributed by atoms with Crippen molar-refractivity contribution in [3.63, 3.8) is 0 Å². The highest BCUT2D eigenvalue weighted by molar-refractivity contribution is 14.1. The van der Waals surface area contributed by atoms with Crippen LogP contribution in [0.2, 0.25) is 0 Å². The Bertz CT molecular complexity index is 314. The summed E-state index contributed by atoms with van der Waals surface area (Å²) < 4.78 is 2.94. The predicted molar refractivity (Wildman–Crippen MR) is 73.1 cm³/mol. The van der Waals surface area contributed by atoms with Gasteiger partial charge >= 0.3 is 0 Å². The third kappa shape index (κ3) is 2.44. The summed E-state index contributed by atoms with van der Waals surface area (Å²) in [4.78, 5) is 11.0. The number of benzene rings is 1. The van der Waals surface area contributed by atoms with Gasteiger partial charge in [0.1, 0.15) is 0 Å². The Hall–Kier alpha value is 0.880. The summed E-state index contributed by atoms with van der Waals surface area (Å²) in [5.41, 5.74) is 5.84. The molecule has 1 aromatic carbocycles. The van der Waals surface area contributed by atoms with E-state index >= 15 is 0 Å². The molecule has 0 spiro atoms. The predicted octanol–water partition coefficient (Wildman–Crippen LogP) is 2.60. The number of primary amides is 1. The van der Waals surface area contributed by atoms with Gasteiger partial charge in [0.15, 0.2) is 0 Å². The van der Waals surface area contributed by atoms with Crippen LogP contribution in [0.4, 0.5) is 0 Å². The lowest BCUT2D eigenvalue weighted by molar-refractivity contribution is 0.0998. The van der Waals surface area contributed by atoms with Gasteiger partial charge in [-0.2, -0.15) is 0 Å². The molecule has 0 radical (unpaired) electrons. The zero-order valence-electron chi connectivity index (χ0n) is 5.77. The Labute approximate surface area is 111 Å². The molecule has 12 heavy (non-hydrogen) atoms. The first-order chi connectivity index (χ1) is 5.52. The SMILES string of the molecule is NC(=O)c1c(I)cc(I)cc1I. The van der Waals surface area contributed by atoms with E-state index in [-0.39, 0.29) is 5.91 Å². The second-order valence-electron chi connectivity index (χ2n) is 2.11. The average molecular weight is 499 g/mol. The first-order valence-electron chi connectivity index (χ1n) is 2.96. The van der Waals surface area contributed by atoms with E-state index in [0.29, 0.717) is 5.56 Å². The minimum absolute atomic E-state index is 0.361. The Morgan fingerprint density at radius 3 is 1.92 bits per heavy atom. The van der Waals surface area contributed by atoms with Crippen LogP contribution in [-0.4, -0.2) is 5.91 Å². The second kappa shape index (κ2) is 4.40. The number of nitrogens with two attached hydrogens (primary N) is 1. The molecule has 0 aliphatic rings. The van der Waals surface area contributed by atoms with Gasteiger partial charge in [-0.3, -0.25) is 4.79 Å². The Morgan fingerprint density at radius 2 is 1.58 bits per heavy atom. The van der Waals surface area contributed by atoms with Crippen LogP contribution < -0.4 is 5.73 Å². The Balaban J connectivity index is 3.38. The highest BCUT2D eigenvalue weighted by atomic mass is 127. The van der Waals surface area contributed by atoms with Gasteiger partial charge < -0.3 is 5.73 Å². The number of hydrogen-bond acceptors (Lipinski definition) is 1. The minimum Gasteiger partial charge on any atom is -0.366 e. The molecule has 64 valence electrons. The number of carbonyl (C=O) groups excluding carboxylic acids is 1. The largest absolute Gasteiger partial charge is 0.366 e. The summed E-state index contributed by atoms with van der Waals surface area (Å²) in [5, 5.41) is 0. The summed E-state index contributed by atoms with van der Waals surface area (Å²) in [6.45, 7) is 0. The fourth-order valence-corrected chi connectivity index (χ4v) is 4.89. The van der Waals surface area contributed by atoms with Crippen molar-refractivity contribution in [2.75, 3.05) is 0 Å². The van der Waals surface area contributed by atoms with Crippen molar-refractivity contribution in [1.29, 1.82) is 0 Å². The molecule has 0 heterocycles. The van der Waals surface area contributed by atoms with Crippen molar-refractivity contribution in [1.82, 2.24) is 0 Å². The van der Waals surface area contributed by atoms with Gasteiger partial charge in [0, 0.05) is 10.7 Å². The van der Waals surface area contributed by atoms with Crippen molar-refractivity contribution >= 4 is 73.7 Å². The van der Waals surface area contributed by atoms with Crippen molar-refractivity contribution < 1.29 is 4.79 Å². The summed E-state index contributed by atoms with van der Waals surface area (Å²) in [6.07, 6.45) is 0. The van der Waals surface area contributed by atoms with Crippen LogP contribution in [0.1, 0.15) is 10.4 Å². The van der Waals surface area contributed by atoms with Crippen molar-refractivity contribution in [3.05, 3.63) is 28.4 Å². The average Bonchev–Trinajstić information content (AvgIpc) is 1.82. The van der Waals surface area contributed by atoms with E-state index in [2.05, 4.69) is 67.8 Å². The highest BCUT2D eigenvalue weighted by Gasteiger charge is 2.10. The molecule has 0 unspecified atom stereocenters. The number of halogens is 3. The number of amides is 1. The van der Waals surface area contributed by atoms with Crippen LogP contribution in [0, 0.1) is 10.7 Å². The molecule has 1 amide bonds. The molecular weight excluding hydrogens is 495 g/mol. The third-order valence-corrected chi connectivity index (χ3v) is 3.58. The maximum absolute atomic E-state index is 11.0. The van der Waals surface area contributed by atoms with Crippen LogP contribution in [0.5, 0.6) is 0 Å². The molecule has 0 aliphatic heterocycles. The molecule has 0 saturated carbocycles. The summed E-state index contributed by atoms with van der Waals surface area (Å²) >= 11 is 6.44. The van der Waals surface area contributed by atoms with Crippen molar-refractivity contribution in [2.45, 2.75) is 0 Å². The molecule has 0 atom stereocenters. The van der Waals surface area contributed by atoms with Crippen molar-refractivity contribution in [2.24, 2.45) is 5.73 Å². The molecule has 5 heteroatoms. The molecule has 0 saturated heterocycles. The van der Waals surface area contributed by atoms with Gasteiger partial charge in [-0.05, 0) is 79.9 Å². The zero-order chi connectivity index (χ0) is 9.30. The van der Waals surface area contributed by atoms with Crippen LogP contribution in [0.3, 0.4) is 0 Å². The number of hydrogen-bond donors (Lipinski definition) is 1. The van der Waals surface area contributed by atoms with E-state index in [4.69, 9.17) is 5.73 Å². The van der Waals surface area contributed by atoms with Gasteiger partial charge in [0.2, 0.25) is 0 Å². The minimum atomic E-state index is -0.361. The molecule has 0 bridgehead atoms. The van der Waals surface area contributed by atoms with E-state index in [1.165, 1.54) is 0 Å². The fraction of sp³-hybridized carbons (Fsp3) is 0. The molecule has 0 fully saturated rings. The van der Waals surface area contributed by atoms with Gasteiger partial charge in [0.05, 0.1) is 5.56 Å². The highest BCUT2D eigenvalue weighted by Crippen LogP contribution is 2.21. The van der Waals surface area contributed by atoms with E-state index < -0.39 is 0 Å². The lowest BCUT2D eigenvalue weighted by Gasteiger charge is -2.03.